The van der Waals surface area contributed by atoms with Crippen molar-refractivity contribution in [1.29, 1.82) is 0 Å². The number of rotatable bonds is 5. The van der Waals surface area contributed by atoms with Crippen molar-refractivity contribution in [3.05, 3.63) is 12.4 Å². The summed E-state index contributed by atoms with van der Waals surface area (Å²) in [4.78, 5) is 10.5. The molecule has 8 nitrogen and oxygen atoms in total. The fraction of sp³-hybridized carbons (Fsp3) is 0.600. The summed E-state index contributed by atoms with van der Waals surface area (Å²) in [7, 11) is -3.51. The highest BCUT2D eigenvalue weighted by molar-refractivity contribution is 7.89. The number of nitrogens with zero attached hydrogens (tertiary/aromatic N) is 2. The molecule has 2 heterocycles. The zero-order valence-corrected chi connectivity index (χ0v) is 11.0. The molecule has 19 heavy (non-hydrogen) atoms. The minimum atomic E-state index is -3.51. The highest BCUT2D eigenvalue weighted by Gasteiger charge is 2.30. The summed E-state index contributed by atoms with van der Waals surface area (Å²) in [6, 6.07) is 0. The molecule has 1 aromatic heterocycles. The minimum absolute atomic E-state index is 0.136. The van der Waals surface area contributed by atoms with Gasteiger partial charge < -0.3 is 9.84 Å². The molecule has 0 bridgehead atoms. The van der Waals surface area contributed by atoms with Crippen molar-refractivity contribution < 1.29 is 23.1 Å². The maximum Gasteiger partial charge on any atom is 0.329 e. The van der Waals surface area contributed by atoms with Crippen molar-refractivity contribution in [3.63, 3.8) is 0 Å². The summed E-state index contributed by atoms with van der Waals surface area (Å²) in [6.45, 7) is 0.286. The molecule has 0 radical (unpaired) electrons. The molecule has 0 spiro atoms. The number of hydrogen-bond donors (Lipinski definition) is 2. The molecular formula is C10H15N3O5S. The highest BCUT2D eigenvalue weighted by atomic mass is 32.2. The van der Waals surface area contributed by atoms with E-state index < -0.39 is 16.0 Å². The molecule has 0 amide bonds. The molecule has 1 fully saturated rings. The Morgan fingerprint density at radius 3 is 2.74 bits per heavy atom. The van der Waals surface area contributed by atoms with Gasteiger partial charge in [0.1, 0.15) is 11.5 Å². The van der Waals surface area contributed by atoms with Crippen LogP contribution in [-0.4, -0.2) is 59.8 Å². The fourth-order valence-corrected chi connectivity index (χ4v) is 3.33. The van der Waals surface area contributed by atoms with Crippen LogP contribution >= 0.6 is 0 Å². The first kappa shape index (κ1) is 14.0. The Balaban J connectivity index is 1.91. The Labute approximate surface area is 110 Å². The number of aromatic nitrogens is 2. The second-order valence-electron chi connectivity index (χ2n) is 4.24. The number of carboxylic acids is 1. The molecule has 0 unspecified atom stereocenters. The van der Waals surface area contributed by atoms with Gasteiger partial charge in [0.2, 0.25) is 10.0 Å². The number of sulfonamides is 1. The van der Waals surface area contributed by atoms with E-state index >= 15 is 0 Å². The van der Waals surface area contributed by atoms with Gasteiger partial charge in [-0.3, -0.25) is 5.10 Å². The normalized spacial score (nSPS) is 18.5. The summed E-state index contributed by atoms with van der Waals surface area (Å²) < 4.78 is 30.8. The predicted octanol–water partition coefficient (Wildman–Crippen LogP) is -0.336. The van der Waals surface area contributed by atoms with E-state index in [9.17, 15) is 13.2 Å². The van der Waals surface area contributed by atoms with Gasteiger partial charge in [-0.2, -0.15) is 9.40 Å². The number of hydrogen-bond acceptors (Lipinski definition) is 5. The molecule has 1 aromatic rings. The summed E-state index contributed by atoms with van der Waals surface area (Å²) in [6.07, 6.45) is 3.38. The number of aliphatic carboxylic acids is 1. The van der Waals surface area contributed by atoms with Crippen LogP contribution in [0, 0.1) is 0 Å². The highest BCUT2D eigenvalue weighted by Crippen LogP contribution is 2.21. The fourth-order valence-electron chi connectivity index (χ4n) is 1.96. The monoisotopic (exact) mass is 289 g/mol. The van der Waals surface area contributed by atoms with Gasteiger partial charge in [-0.1, -0.05) is 0 Å². The smallest absolute Gasteiger partial charge is 0.329 e. The first-order valence-corrected chi connectivity index (χ1v) is 7.26. The lowest BCUT2D eigenvalue weighted by Crippen LogP contribution is -2.41. The van der Waals surface area contributed by atoms with Crippen molar-refractivity contribution in [2.24, 2.45) is 0 Å². The van der Waals surface area contributed by atoms with E-state index in [1.54, 1.807) is 0 Å². The predicted molar refractivity (Wildman–Crippen MR) is 64.0 cm³/mol. The zero-order chi connectivity index (χ0) is 13.9. The Hall–Kier alpha value is -1.45. The SMILES string of the molecule is O=C(O)COC1CCN(S(=O)(=O)c2cn[nH]c2)CC1. The van der Waals surface area contributed by atoms with Gasteiger partial charge >= 0.3 is 5.97 Å². The first-order valence-electron chi connectivity index (χ1n) is 5.82. The van der Waals surface area contributed by atoms with Crippen molar-refractivity contribution in [3.8, 4) is 0 Å². The van der Waals surface area contributed by atoms with Crippen LogP contribution in [0.1, 0.15) is 12.8 Å². The second-order valence-corrected chi connectivity index (χ2v) is 6.18. The van der Waals surface area contributed by atoms with Crippen LogP contribution in [-0.2, 0) is 19.6 Å². The topological polar surface area (TPSA) is 113 Å². The van der Waals surface area contributed by atoms with Crippen LogP contribution < -0.4 is 0 Å². The standard InChI is InChI=1S/C10H15N3O5S/c14-10(15)7-18-8-1-3-13(4-2-8)19(16,17)9-5-11-12-6-9/h5-6,8H,1-4,7H2,(H,11,12)(H,14,15). The number of ether oxygens (including phenoxy) is 1. The van der Waals surface area contributed by atoms with Gasteiger partial charge in [0.15, 0.2) is 0 Å². The molecule has 0 atom stereocenters. The zero-order valence-electron chi connectivity index (χ0n) is 10.2. The van der Waals surface area contributed by atoms with E-state index in [1.165, 1.54) is 16.7 Å². The van der Waals surface area contributed by atoms with Crippen LogP contribution in [0.2, 0.25) is 0 Å². The summed E-state index contributed by atoms with van der Waals surface area (Å²) >= 11 is 0. The van der Waals surface area contributed by atoms with Crippen LogP contribution in [0.4, 0.5) is 0 Å². The molecule has 1 aliphatic heterocycles. The number of aromatic amines is 1. The first-order chi connectivity index (χ1) is 9.00. The van der Waals surface area contributed by atoms with E-state index in [0.29, 0.717) is 25.9 Å². The molecule has 1 aliphatic rings. The Morgan fingerprint density at radius 2 is 2.21 bits per heavy atom. The molecule has 9 heteroatoms. The van der Waals surface area contributed by atoms with Crippen molar-refractivity contribution in [2.75, 3.05) is 19.7 Å². The maximum absolute atomic E-state index is 12.2. The van der Waals surface area contributed by atoms with E-state index in [-0.39, 0.29) is 17.6 Å². The van der Waals surface area contributed by atoms with E-state index in [4.69, 9.17) is 9.84 Å². The summed E-state index contributed by atoms with van der Waals surface area (Å²) in [5, 5.41) is 14.6. The summed E-state index contributed by atoms with van der Waals surface area (Å²) in [5.41, 5.74) is 0. The molecule has 0 aliphatic carbocycles. The van der Waals surface area contributed by atoms with Crippen molar-refractivity contribution in [2.45, 2.75) is 23.8 Å². The lowest BCUT2D eigenvalue weighted by molar-refractivity contribution is -0.145. The minimum Gasteiger partial charge on any atom is -0.480 e. The van der Waals surface area contributed by atoms with Gasteiger partial charge in [-0.05, 0) is 12.8 Å². The molecule has 0 aromatic carbocycles. The Morgan fingerprint density at radius 1 is 1.53 bits per heavy atom. The molecule has 2 rings (SSSR count). The molecular weight excluding hydrogens is 274 g/mol. The third-order valence-corrected chi connectivity index (χ3v) is 4.82. The van der Waals surface area contributed by atoms with E-state index in [1.807, 2.05) is 0 Å². The van der Waals surface area contributed by atoms with Crippen molar-refractivity contribution in [1.82, 2.24) is 14.5 Å². The summed E-state index contributed by atoms with van der Waals surface area (Å²) in [5.74, 6) is -1.02. The lowest BCUT2D eigenvalue weighted by atomic mass is 10.1. The van der Waals surface area contributed by atoms with Crippen LogP contribution in [0.25, 0.3) is 0 Å². The van der Waals surface area contributed by atoms with Crippen LogP contribution in [0.3, 0.4) is 0 Å². The Bertz CT molecular complexity index is 519. The molecule has 106 valence electrons. The average molecular weight is 289 g/mol. The van der Waals surface area contributed by atoms with E-state index in [0.717, 1.165) is 0 Å². The molecule has 1 saturated heterocycles. The van der Waals surface area contributed by atoms with Crippen LogP contribution in [0.5, 0.6) is 0 Å². The number of nitrogens with one attached hydrogen (secondary N) is 1. The van der Waals surface area contributed by atoms with Crippen molar-refractivity contribution >= 4 is 16.0 Å². The number of carbonyl (C=O) groups is 1. The average Bonchev–Trinajstić information content (AvgIpc) is 2.91. The number of H-pyrrole nitrogens is 1. The van der Waals surface area contributed by atoms with Gasteiger partial charge in [-0.15, -0.1) is 0 Å². The third kappa shape index (κ3) is 3.31. The van der Waals surface area contributed by atoms with Gasteiger partial charge in [0.25, 0.3) is 0 Å². The largest absolute Gasteiger partial charge is 0.480 e. The molecule has 2 N–H and O–H groups in total. The second kappa shape index (κ2) is 5.68. The van der Waals surface area contributed by atoms with Gasteiger partial charge in [0, 0.05) is 19.3 Å². The van der Waals surface area contributed by atoms with Gasteiger partial charge in [-0.25, -0.2) is 13.2 Å². The van der Waals surface area contributed by atoms with E-state index in [2.05, 4.69) is 10.2 Å². The van der Waals surface area contributed by atoms with Gasteiger partial charge in [0.05, 0.1) is 12.3 Å². The third-order valence-electron chi connectivity index (χ3n) is 2.95. The number of piperidine rings is 1. The van der Waals surface area contributed by atoms with Crippen LogP contribution in [0.15, 0.2) is 17.3 Å². The maximum atomic E-state index is 12.2. The lowest BCUT2D eigenvalue weighted by Gasteiger charge is -2.30. The Kier molecular flexibility index (Phi) is 4.17. The number of carboxylic acid groups (broad SMARTS) is 1. The quantitative estimate of drug-likeness (QED) is 0.767. The molecule has 0 saturated carbocycles.